The molecule has 1 atom stereocenters. The molecule has 1 amide bonds. The van der Waals surface area contributed by atoms with Crippen molar-refractivity contribution in [3.05, 3.63) is 11.1 Å². The van der Waals surface area contributed by atoms with E-state index < -0.39 is 0 Å². The van der Waals surface area contributed by atoms with Crippen molar-refractivity contribution in [3.8, 4) is 0 Å². The van der Waals surface area contributed by atoms with Crippen molar-refractivity contribution in [1.82, 2.24) is 10.2 Å². The Bertz CT molecular complexity index is 321. The van der Waals surface area contributed by atoms with E-state index in [1.807, 2.05) is 18.7 Å². The zero-order valence-corrected chi connectivity index (χ0v) is 11.6. The molecule has 17 heavy (non-hydrogen) atoms. The van der Waals surface area contributed by atoms with Gasteiger partial charge in [0.15, 0.2) is 0 Å². The third-order valence-electron chi connectivity index (χ3n) is 3.82. The molecule has 0 radical (unpaired) electrons. The quantitative estimate of drug-likeness (QED) is 0.761. The number of likely N-dealkylation sites (tertiary alicyclic amines) is 1. The SMILES string of the molecule is CSC1CCCN(C(=O)C(C)=C2CNC2)CC1. The Labute approximate surface area is 108 Å². The number of nitrogens with one attached hydrogen (secondary N) is 1. The molecule has 2 aliphatic heterocycles. The molecule has 1 unspecified atom stereocenters. The van der Waals surface area contributed by atoms with Crippen LogP contribution >= 0.6 is 11.8 Å². The van der Waals surface area contributed by atoms with Gasteiger partial charge in [-0.05, 0) is 38.0 Å². The molecule has 0 aromatic rings. The molecule has 0 saturated carbocycles. The first-order chi connectivity index (χ1) is 8.22. The Morgan fingerprint density at radius 2 is 2.12 bits per heavy atom. The van der Waals surface area contributed by atoms with Crippen LogP contribution in [0.3, 0.4) is 0 Å². The predicted octanol–water partition coefficient (Wildman–Crippen LogP) is 1.65. The van der Waals surface area contributed by atoms with Gasteiger partial charge in [0, 0.05) is 37.0 Å². The van der Waals surface area contributed by atoms with E-state index in [-0.39, 0.29) is 5.91 Å². The third kappa shape index (κ3) is 3.05. The highest BCUT2D eigenvalue weighted by molar-refractivity contribution is 7.99. The number of carbonyl (C=O) groups excluding carboxylic acids is 1. The van der Waals surface area contributed by atoms with Crippen LogP contribution in [0.15, 0.2) is 11.1 Å². The molecule has 1 N–H and O–H groups in total. The molecule has 3 nitrogen and oxygen atoms in total. The van der Waals surface area contributed by atoms with Crippen LogP contribution in [-0.4, -0.2) is 48.5 Å². The molecule has 0 aromatic heterocycles. The van der Waals surface area contributed by atoms with Crippen molar-refractivity contribution < 1.29 is 4.79 Å². The second-order valence-corrected chi connectivity index (χ2v) is 6.05. The fraction of sp³-hybridized carbons (Fsp3) is 0.769. The van der Waals surface area contributed by atoms with E-state index in [2.05, 4.69) is 16.5 Å². The monoisotopic (exact) mass is 254 g/mol. The molecular weight excluding hydrogens is 232 g/mol. The number of rotatable bonds is 2. The van der Waals surface area contributed by atoms with Gasteiger partial charge >= 0.3 is 0 Å². The molecule has 4 heteroatoms. The van der Waals surface area contributed by atoms with Gasteiger partial charge in [-0.15, -0.1) is 0 Å². The van der Waals surface area contributed by atoms with E-state index >= 15 is 0 Å². The second-order valence-electron chi connectivity index (χ2n) is 4.91. The Kier molecular flexibility index (Phi) is 4.51. The number of amides is 1. The molecule has 2 saturated heterocycles. The van der Waals surface area contributed by atoms with Gasteiger partial charge < -0.3 is 10.2 Å². The fourth-order valence-corrected chi connectivity index (χ4v) is 3.15. The maximum Gasteiger partial charge on any atom is 0.249 e. The van der Waals surface area contributed by atoms with Gasteiger partial charge in [0.1, 0.15) is 0 Å². The molecule has 2 fully saturated rings. The molecule has 0 bridgehead atoms. The van der Waals surface area contributed by atoms with Crippen molar-refractivity contribution in [1.29, 1.82) is 0 Å². The van der Waals surface area contributed by atoms with E-state index in [0.717, 1.165) is 49.8 Å². The Morgan fingerprint density at radius 3 is 2.71 bits per heavy atom. The lowest BCUT2D eigenvalue weighted by molar-refractivity contribution is -0.127. The summed E-state index contributed by atoms with van der Waals surface area (Å²) >= 11 is 1.94. The maximum atomic E-state index is 12.3. The summed E-state index contributed by atoms with van der Waals surface area (Å²) in [7, 11) is 0. The largest absolute Gasteiger partial charge is 0.339 e. The van der Waals surface area contributed by atoms with Crippen LogP contribution in [0.2, 0.25) is 0 Å². The summed E-state index contributed by atoms with van der Waals surface area (Å²) in [4.78, 5) is 14.4. The zero-order chi connectivity index (χ0) is 12.3. The average molecular weight is 254 g/mol. The van der Waals surface area contributed by atoms with Gasteiger partial charge in [-0.25, -0.2) is 0 Å². The fourth-order valence-electron chi connectivity index (χ4n) is 2.41. The molecule has 96 valence electrons. The van der Waals surface area contributed by atoms with Crippen LogP contribution in [0.5, 0.6) is 0 Å². The minimum absolute atomic E-state index is 0.267. The van der Waals surface area contributed by atoms with Crippen LogP contribution in [0.4, 0.5) is 0 Å². The average Bonchev–Trinajstić information content (AvgIpc) is 2.50. The van der Waals surface area contributed by atoms with E-state index in [1.165, 1.54) is 12.0 Å². The van der Waals surface area contributed by atoms with Crippen LogP contribution < -0.4 is 5.32 Å². The maximum absolute atomic E-state index is 12.3. The molecule has 0 aliphatic carbocycles. The van der Waals surface area contributed by atoms with Gasteiger partial charge in [0.05, 0.1) is 0 Å². The van der Waals surface area contributed by atoms with Crippen molar-refractivity contribution in [2.75, 3.05) is 32.4 Å². The van der Waals surface area contributed by atoms with E-state index in [4.69, 9.17) is 0 Å². The van der Waals surface area contributed by atoms with E-state index in [0.29, 0.717) is 0 Å². The van der Waals surface area contributed by atoms with Crippen LogP contribution in [0, 0.1) is 0 Å². The zero-order valence-electron chi connectivity index (χ0n) is 10.8. The molecule has 0 aromatic carbocycles. The summed E-state index contributed by atoms with van der Waals surface area (Å²) < 4.78 is 0. The number of carbonyl (C=O) groups is 1. The third-order valence-corrected chi connectivity index (χ3v) is 4.96. The Balaban J connectivity index is 1.95. The molecule has 2 heterocycles. The Hall–Kier alpha value is -0.480. The van der Waals surface area contributed by atoms with E-state index in [9.17, 15) is 4.79 Å². The number of thioether (sulfide) groups is 1. The van der Waals surface area contributed by atoms with Crippen molar-refractivity contribution in [2.45, 2.75) is 31.4 Å². The second kappa shape index (κ2) is 5.91. The van der Waals surface area contributed by atoms with E-state index in [1.54, 1.807) is 0 Å². The first-order valence-electron chi connectivity index (χ1n) is 6.43. The lowest BCUT2D eigenvalue weighted by Crippen LogP contribution is -2.39. The summed E-state index contributed by atoms with van der Waals surface area (Å²) in [6.07, 6.45) is 5.73. The van der Waals surface area contributed by atoms with Gasteiger partial charge in [-0.2, -0.15) is 11.8 Å². The van der Waals surface area contributed by atoms with Crippen LogP contribution in [0.25, 0.3) is 0 Å². The van der Waals surface area contributed by atoms with Crippen LogP contribution in [-0.2, 0) is 4.79 Å². The minimum Gasteiger partial charge on any atom is -0.339 e. The molecular formula is C13H22N2OS. The predicted molar refractivity (Wildman–Crippen MR) is 73.3 cm³/mol. The van der Waals surface area contributed by atoms with Gasteiger partial charge in [-0.1, -0.05) is 0 Å². The van der Waals surface area contributed by atoms with Gasteiger partial charge in [-0.3, -0.25) is 4.79 Å². The highest BCUT2D eigenvalue weighted by Crippen LogP contribution is 2.22. The smallest absolute Gasteiger partial charge is 0.249 e. The highest BCUT2D eigenvalue weighted by Gasteiger charge is 2.23. The van der Waals surface area contributed by atoms with Gasteiger partial charge in [0.25, 0.3) is 0 Å². The summed E-state index contributed by atoms with van der Waals surface area (Å²) in [6.45, 7) is 5.66. The van der Waals surface area contributed by atoms with Crippen LogP contribution in [0.1, 0.15) is 26.2 Å². The van der Waals surface area contributed by atoms with Gasteiger partial charge in [0.2, 0.25) is 5.91 Å². The van der Waals surface area contributed by atoms with Crippen molar-refractivity contribution in [2.24, 2.45) is 0 Å². The number of nitrogens with zero attached hydrogens (tertiary/aromatic N) is 1. The minimum atomic E-state index is 0.267. The number of hydrogen-bond donors (Lipinski definition) is 1. The summed E-state index contributed by atoms with van der Waals surface area (Å²) in [5.74, 6) is 0.267. The summed E-state index contributed by atoms with van der Waals surface area (Å²) in [5.41, 5.74) is 2.27. The number of hydrogen-bond acceptors (Lipinski definition) is 3. The first kappa shape index (κ1) is 13.0. The summed E-state index contributed by atoms with van der Waals surface area (Å²) in [5, 5.41) is 3.94. The topological polar surface area (TPSA) is 32.3 Å². The lowest BCUT2D eigenvalue weighted by Gasteiger charge is -2.26. The van der Waals surface area contributed by atoms with Crippen molar-refractivity contribution >= 4 is 17.7 Å². The molecule has 2 aliphatic rings. The van der Waals surface area contributed by atoms with Crippen molar-refractivity contribution in [3.63, 3.8) is 0 Å². The molecule has 0 spiro atoms. The highest BCUT2D eigenvalue weighted by atomic mass is 32.2. The first-order valence-corrected chi connectivity index (χ1v) is 7.72. The Morgan fingerprint density at radius 1 is 1.35 bits per heavy atom. The summed E-state index contributed by atoms with van der Waals surface area (Å²) in [6, 6.07) is 0. The normalized spacial score (nSPS) is 25.2. The lowest BCUT2D eigenvalue weighted by atomic mass is 10.0. The molecule has 2 rings (SSSR count). The standard InChI is InChI=1S/C13H22N2OS/c1-10(11-8-14-9-11)13(16)15-6-3-4-12(17-2)5-7-15/h12,14H,3-9H2,1-2H3.